The summed E-state index contributed by atoms with van der Waals surface area (Å²) >= 11 is 0. The van der Waals surface area contributed by atoms with Gasteiger partial charge in [0.15, 0.2) is 0 Å². The molecule has 0 bridgehead atoms. The first-order valence-corrected chi connectivity index (χ1v) is 4.55. The van der Waals surface area contributed by atoms with E-state index in [-0.39, 0.29) is 18.4 Å². The summed E-state index contributed by atoms with van der Waals surface area (Å²) in [6, 6.07) is 0.413. The fourth-order valence-electron chi connectivity index (χ4n) is 2.05. The molecule has 2 aliphatic heterocycles. The number of carbonyl (C=O) groups excluding carboxylic acids is 1. The molecular formula is C8H16ClN3O. The molecule has 2 fully saturated rings. The SMILES string of the molecule is Cl.O=CC1NCCN2CCNC[C@@H]12. The zero-order valence-electron chi connectivity index (χ0n) is 7.53. The molecule has 4 nitrogen and oxygen atoms in total. The Hall–Kier alpha value is -0.160. The lowest BCUT2D eigenvalue weighted by atomic mass is 10.0. The maximum absolute atomic E-state index is 10.7. The first-order valence-electron chi connectivity index (χ1n) is 4.55. The molecule has 13 heavy (non-hydrogen) atoms. The van der Waals surface area contributed by atoms with Crippen LogP contribution in [-0.2, 0) is 4.79 Å². The number of fused-ring (bicyclic) bond motifs is 1. The van der Waals surface area contributed by atoms with Gasteiger partial charge >= 0.3 is 0 Å². The zero-order chi connectivity index (χ0) is 8.39. The lowest BCUT2D eigenvalue weighted by Crippen LogP contribution is -2.65. The van der Waals surface area contributed by atoms with Crippen LogP contribution in [0.1, 0.15) is 0 Å². The Bertz CT molecular complexity index is 177. The molecule has 0 aromatic carbocycles. The molecule has 2 N–H and O–H groups in total. The Labute approximate surface area is 84.5 Å². The molecular weight excluding hydrogens is 190 g/mol. The fourth-order valence-corrected chi connectivity index (χ4v) is 2.05. The van der Waals surface area contributed by atoms with Crippen molar-refractivity contribution >= 4 is 18.7 Å². The highest BCUT2D eigenvalue weighted by Gasteiger charge is 2.32. The number of hydrogen-bond donors (Lipinski definition) is 2. The summed E-state index contributed by atoms with van der Waals surface area (Å²) in [5.74, 6) is 0. The number of hydrogen-bond acceptors (Lipinski definition) is 4. The average Bonchev–Trinajstić information content (AvgIpc) is 2.17. The standard InChI is InChI=1S/C8H15N3O.ClH/c12-6-7-8-5-9-1-3-11(8)4-2-10-7;/h6-10H,1-5H2;1H/t7?,8-;/m0./s1. The van der Waals surface area contributed by atoms with Gasteiger partial charge in [-0.15, -0.1) is 12.4 Å². The van der Waals surface area contributed by atoms with E-state index in [1.54, 1.807) is 0 Å². The molecule has 0 aromatic rings. The van der Waals surface area contributed by atoms with Crippen molar-refractivity contribution in [3.8, 4) is 0 Å². The van der Waals surface area contributed by atoms with Crippen molar-refractivity contribution in [2.45, 2.75) is 12.1 Å². The smallest absolute Gasteiger partial charge is 0.138 e. The lowest BCUT2D eigenvalue weighted by Gasteiger charge is -2.43. The molecule has 2 aliphatic rings. The number of halogens is 1. The molecule has 1 unspecified atom stereocenters. The minimum Gasteiger partial charge on any atom is -0.314 e. The molecule has 0 amide bonds. The van der Waals surface area contributed by atoms with Gasteiger partial charge in [-0.3, -0.25) is 4.90 Å². The highest BCUT2D eigenvalue weighted by molar-refractivity contribution is 5.85. The number of carbonyl (C=O) groups is 1. The van der Waals surface area contributed by atoms with E-state index in [4.69, 9.17) is 0 Å². The Morgan fingerprint density at radius 3 is 2.85 bits per heavy atom. The molecule has 76 valence electrons. The molecule has 2 saturated heterocycles. The normalized spacial score (nSPS) is 34.5. The van der Waals surface area contributed by atoms with E-state index >= 15 is 0 Å². The van der Waals surface area contributed by atoms with Gasteiger partial charge in [0.25, 0.3) is 0 Å². The Kier molecular flexibility index (Phi) is 4.12. The summed E-state index contributed by atoms with van der Waals surface area (Å²) in [6.07, 6.45) is 1.03. The third-order valence-electron chi connectivity index (χ3n) is 2.74. The summed E-state index contributed by atoms with van der Waals surface area (Å²) in [6.45, 7) is 5.10. The van der Waals surface area contributed by atoms with Crippen molar-refractivity contribution in [3.05, 3.63) is 0 Å². The lowest BCUT2D eigenvalue weighted by molar-refractivity contribution is -0.112. The predicted molar refractivity (Wildman–Crippen MR) is 53.3 cm³/mol. The van der Waals surface area contributed by atoms with E-state index in [9.17, 15) is 4.79 Å². The van der Waals surface area contributed by atoms with Crippen molar-refractivity contribution in [1.29, 1.82) is 0 Å². The van der Waals surface area contributed by atoms with Crippen LogP contribution in [0.4, 0.5) is 0 Å². The summed E-state index contributed by atoms with van der Waals surface area (Å²) < 4.78 is 0. The quantitative estimate of drug-likeness (QED) is 0.531. The van der Waals surface area contributed by atoms with Crippen LogP contribution in [0.3, 0.4) is 0 Å². The van der Waals surface area contributed by atoms with Crippen LogP contribution in [0.5, 0.6) is 0 Å². The van der Waals surface area contributed by atoms with Gasteiger partial charge in [-0.05, 0) is 0 Å². The van der Waals surface area contributed by atoms with Crippen molar-refractivity contribution in [2.24, 2.45) is 0 Å². The van der Waals surface area contributed by atoms with Gasteiger partial charge in [0.1, 0.15) is 6.29 Å². The predicted octanol–water partition coefficient (Wildman–Crippen LogP) is -1.15. The van der Waals surface area contributed by atoms with Crippen molar-refractivity contribution < 1.29 is 4.79 Å². The maximum atomic E-state index is 10.7. The van der Waals surface area contributed by atoms with Gasteiger partial charge in [-0.2, -0.15) is 0 Å². The Morgan fingerprint density at radius 2 is 2.08 bits per heavy atom. The van der Waals surface area contributed by atoms with Crippen LogP contribution in [0.2, 0.25) is 0 Å². The van der Waals surface area contributed by atoms with Gasteiger partial charge in [-0.1, -0.05) is 0 Å². The first-order chi connectivity index (χ1) is 5.92. The molecule has 2 atom stereocenters. The summed E-state index contributed by atoms with van der Waals surface area (Å²) in [7, 11) is 0. The summed E-state index contributed by atoms with van der Waals surface area (Å²) in [5.41, 5.74) is 0. The van der Waals surface area contributed by atoms with Crippen LogP contribution in [0, 0.1) is 0 Å². The van der Waals surface area contributed by atoms with E-state index in [0.29, 0.717) is 6.04 Å². The minimum atomic E-state index is 0. The average molecular weight is 206 g/mol. The van der Waals surface area contributed by atoms with E-state index in [1.807, 2.05) is 0 Å². The van der Waals surface area contributed by atoms with Crippen LogP contribution in [0.25, 0.3) is 0 Å². The first kappa shape index (κ1) is 10.9. The van der Waals surface area contributed by atoms with Gasteiger partial charge in [0, 0.05) is 38.8 Å². The molecule has 5 heteroatoms. The van der Waals surface area contributed by atoms with E-state index in [1.165, 1.54) is 0 Å². The van der Waals surface area contributed by atoms with Crippen LogP contribution >= 0.6 is 12.4 Å². The second-order valence-corrected chi connectivity index (χ2v) is 3.42. The summed E-state index contributed by atoms with van der Waals surface area (Å²) in [4.78, 5) is 13.1. The van der Waals surface area contributed by atoms with E-state index in [0.717, 1.165) is 39.0 Å². The van der Waals surface area contributed by atoms with Gasteiger partial charge in [0.05, 0.1) is 6.04 Å². The van der Waals surface area contributed by atoms with Gasteiger partial charge in [-0.25, -0.2) is 0 Å². The van der Waals surface area contributed by atoms with Gasteiger partial charge in [0.2, 0.25) is 0 Å². The fraction of sp³-hybridized carbons (Fsp3) is 0.875. The molecule has 2 heterocycles. The Balaban J connectivity index is 0.000000845. The Morgan fingerprint density at radius 1 is 1.31 bits per heavy atom. The third-order valence-corrected chi connectivity index (χ3v) is 2.74. The highest BCUT2D eigenvalue weighted by atomic mass is 35.5. The van der Waals surface area contributed by atoms with Crippen molar-refractivity contribution in [3.63, 3.8) is 0 Å². The molecule has 2 rings (SSSR count). The van der Waals surface area contributed by atoms with Gasteiger partial charge < -0.3 is 15.4 Å². The van der Waals surface area contributed by atoms with Crippen LogP contribution < -0.4 is 10.6 Å². The monoisotopic (exact) mass is 205 g/mol. The third kappa shape index (κ3) is 2.20. The number of nitrogens with zero attached hydrogens (tertiary/aromatic N) is 1. The molecule has 0 aromatic heterocycles. The largest absolute Gasteiger partial charge is 0.314 e. The molecule has 0 aliphatic carbocycles. The van der Waals surface area contributed by atoms with Crippen LogP contribution in [-0.4, -0.2) is 56.0 Å². The zero-order valence-corrected chi connectivity index (χ0v) is 8.35. The molecule has 0 saturated carbocycles. The van der Waals surface area contributed by atoms with E-state index < -0.39 is 0 Å². The maximum Gasteiger partial charge on any atom is 0.138 e. The number of rotatable bonds is 1. The van der Waals surface area contributed by atoms with Crippen molar-refractivity contribution in [2.75, 3.05) is 32.7 Å². The second-order valence-electron chi connectivity index (χ2n) is 3.42. The van der Waals surface area contributed by atoms with E-state index in [2.05, 4.69) is 15.5 Å². The molecule has 0 spiro atoms. The molecule has 0 radical (unpaired) electrons. The highest BCUT2D eigenvalue weighted by Crippen LogP contribution is 2.09. The topological polar surface area (TPSA) is 44.4 Å². The number of piperazine rings is 2. The number of aldehydes is 1. The van der Waals surface area contributed by atoms with Crippen LogP contribution in [0.15, 0.2) is 0 Å². The second kappa shape index (κ2) is 4.91. The van der Waals surface area contributed by atoms with Crippen molar-refractivity contribution in [1.82, 2.24) is 15.5 Å². The summed E-state index contributed by atoms with van der Waals surface area (Å²) in [5, 5.41) is 6.53. The minimum absolute atomic E-state index is 0. The number of nitrogens with one attached hydrogen (secondary N) is 2.